The average Bonchev–Trinajstić information content (AvgIpc) is 2.58. The van der Waals surface area contributed by atoms with Gasteiger partial charge in [0.1, 0.15) is 5.56 Å². The lowest BCUT2D eigenvalue weighted by atomic mass is 10.1. The first-order valence-electron chi connectivity index (χ1n) is 7.93. The van der Waals surface area contributed by atoms with Gasteiger partial charge in [0.2, 0.25) is 0 Å². The Labute approximate surface area is 173 Å². The van der Waals surface area contributed by atoms with Crippen LogP contribution in [0.1, 0.15) is 21.7 Å². The van der Waals surface area contributed by atoms with E-state index in [-0.39, 0.29) is 23.4 Å². The summed E-state index contributed by atoms with van der Waals surface area (Å²) in [6.07, 6.45) is 0. The number of aryl methyl sites for hydroxylation is 1. The van der Waals surface area contributed by atoms with Crippen LogP contribution in [0, 0.1) is 13.8 Å². The van der Waals surface area contributed by atoms with Gasteiger partial charge in [-0.3, -0.25) is 9.59 Å². The van der Waals surface area contributed by atoms with Crippen LogP contribution in [-0.4, -0.2) is 10.5 Å². The highest BCUT2D eigenvalue weighted by atomic mass is 35.5. The summed E-state index contributed by atoms with van der Waals surface area (Å²) in [5, 5.41) is 3.93. The van der Waals surface area contributed by atoms with Crippen molar-refractivity contribution < 1.29 is 4.79 Å². The first-order chi connectivity index (χ1) is 12.4. The van der Waals surface area contributed by atoms with Crippen molar-refractivity contribution in [2.75, 3.05) is 5.32 Å². The maximum absolute atomic E-state index is 12.7. The fraction of sp³-hybridized carbons (Fsp3) is 0.100. The van der Waals surface area contributed by atoms with Crippen molar-refractivity contribution in [1.29, 1.82) is 0 Å². The predicted molar refractivity (Wildman–Crippen MR) is 113 cm³/mol. The van der Waals surface area contributed by atoms with E-state index in [4.69, 9.17) is 23.2 Å². The Morgan fingerprint density at radius 3 is 2.00 bits per heavy atom. The summed E-state index contributed by atoms with van der Waals surface area (Å²) in [7, 11) is 0. The normalized spacial score (nSPS) is 10.2. The Balaban J connectivity index is 0.00000261. The van der Waals surface area contributed by atoms with Crippen LogP contribution in [0.25, 0.3) is 5.69 Å². The van der Waals surface area contributed by atoms with Crippen LogP contribution in [-0.2, 0) is 0 Å². The van der Waals surface area contributed by atoms with E-state index in [9.17, 15) is 9.59 Å². The van der Waals surface area contributed by atoms with E-state index in [1.807, 2.05) is 23.6 Å². The molecule has 3 rings (SSSR count). The molecule has 3 aromatic rings. The molecule has 1 heterocycles. The SMILES string of the molecule is Cc1cc(=O)c(C(=O)Nc2ccc(Cl)cc2)c(C)n1-c1ccc(Cl)cc1.Cl. The molecule has 0 radical (unpaired) electrons. The molecule has 140 valence electrons. The number of benzene rings is 2. The van der Waals surface area contributed by atoms with Gasteiger partial charge in [-0.25, -0.2) is 0 Å². The monoisotopic (exact) mass is 422 g/mol. The van der Waals surface area contributed by atoms with Crippen LogP contribution in [0.3, 0.4) is 0 Å². The highest BCUT2D eigenvalue weighted by molar-refractivity contribution is 6.30. The molecule has 1 aromatic heterocycles. The van der Waals surface area contributed by atoms with Gasteiger partial charge in [0.25, 0.3) is 5.91 Å². The lowest BCUT2D eigenvalue weighted by Crippen LogP contribution is -2.26. The zero-order valence-corrected chi connectivity index (χ0v) is 17.0. The van der Waals surface area contributed by atoms with Crippen molar-refractivity contribution in [3.63, 3.8) is 0 Å². The van der Waals surface area contributed by atoms with Crippen LogP contribution < -0.4 is 10.7 Å². The molecule has 0 saturated heterocycles. The molecular weight excluding hydrogens is 407 g/mol. The Kier molecular flexibility index (Phi) is 6.71. The number of hydrogen-bond acceptors (Lipinski definition) is 2. The summed E-state index contributed by atoms with van der Waals surface area (Å²) in [5.74, 6) is -0.461. The molecule has 0 spiro atoms. The minimum Gasteiger partial charge on any atom is -0.322 e. The zero-order chi connectivity index (χ0) is 18.8. The number of nitrogens with zero attached hydrogens (tertiary/aromatic N) is 1. The number of anilines is 1. The van der Waals surface area contributed by atoms with Gasteiger partial charge in [-0.15, -0.1) is 12.4 Å². The van der Waals surface area contributed by atoms with E-state index in [1.165, 1.54) is 6.07 Å². The van der Waals surface area contributed by atoms with Gasteiger partial charge in [-0.1, -0.05) is 23.2 Å². The van der Waals surface area contributed by atoms with Gasteiger partial charge in [0.15, 0.2) is 5.43 Å². The number of amides is 1. The third kappa shape index (κ3) is 4.53. The molecule has 0 atom stereocenters. The average molecular weight is 424 g/mol. The maximum atomic E-state index is 12.7. The molecule has 1 N–H and O–H groups in total. The number of rotatable bonds is 3. The number of aromatic nitrogens is 1. The fourth-order valence-corrected chi connectivity index (χ4v) is 3.12. The number of carbonyl (C=O) groups is 1. The van der Waals surface area contributed by atoms with E-state index in [2.05, 4.69) is 5.32 Å². The van der Waals surface area contributed by atoms with Gasteiger partial charge in [0, 0.05) is 38.9 Å². The minimum atomic E-state index is -0.461. The summed E-state index contributed by atoms with van der Waals surface area (Å²) in [5.41, 5.74) is 2.46. The van der Waals surface area contributed by atoms with Gasteiger partial charge < -0.3 is 9.88 Å². The van der Waals surface area contributed by atoms with Gasteiger partial charge in [-0.05, 0) is 62.4 Å². The van der Waals surface area contributed by atoms with E-state index in [0.717, 1.165) is 11.4 Å². The number of carbonyl (C=O) groups excluding carboxylic acids is 1. The summed E-state index contributed by atoms with van der Waals surface area (Å²) in [6, 6.07) is 15.4. The molecule has 4 nitrogen and oxygen atoms in total. The second kappa shape index (κ2) is 8.61. The highest BCUT2D eigenvalue weighted by Crippen LogP contribution is 2.20. The molecule has 2 aromatic carbocycles. The smallest absolute Gasteiger partial charge is 0.261 e. The summed E-state index contributed by atoms with van der Waals surface area (Å²) < 4.78 is 1.86. The van der Waals surface area contributed by atoms with Crippen molar-refractivity contribution in [3.8, 4) is 5.69 Å². The molecule has 0 aliphatic carbocycles. The second-order valence-electron chi connectivity index (χ2n) is 5.88. The molecule has 1 amide bonds. The second-order valence-corrected chi connectivity index (χ2v) is 6.76. The molecular formula is C20H17Cl3N2O2. The lowest BCUT2D eigenvalue weighted by Gasteiger charge is -2.17. The third-order valence-electron chi connectivity index (χ3n) is 4.05. The number of halogens is 3. The van der Waals surface area contributed by atoms with Crippen LogP contribution in [0.15, 0.2) is 59.4 Å². The van der Waals surface area contributed by atoms with Crippen LogP contribution in [0.4, 0.5) is 5.69 Å². The first-order valence-corrected chi connectivity index (χ1v) is 8.68. The summed E-state index contributed by atoms with van der Waals surface area (Å²) in [6.45, 7) is 3.57. The topological polar surface area (TPSA) is 51.1 Å². The zero-order valence-electron chi connectivity index (χ0n) is 14.6. The van der Waals surface area contributed by atoms with E-state index in [1.54, 1.807) is 43.3 Å². The number of pyridine rings is 1. The minimum absolute atomic E-state index is 0. The Hall–Kier alpha value is -2.27. The summed E-state index contributed by atoms with van der Waals surface area (Å²) >= 11 is 11.8. The van der Waals surface area contributed by atoms with Crippen molar-refractivity contribution in [2.45, 2.75) is 13.8 Å². The lowest BCUT2D eigenvalue weighted by molar-refractivity contribution is 0.102. The predicted octanol–water partition coefficient (Wildman–Crippen LogP) is 5.44. The van der Waals surface area contributed by atoms with Gasteiger partial charge in [-0.2, -0.15) is 0 Å². The molecule has 0 aliphatic heterocycles. The van der Waals surface area contributed by atoms with Gasteiger partial charge in [0.05, 0.1) is 0 Å². The highest BCUT2D eigenvalue weighted by Gasteiger charge is 2.18. The van der Waals surface area contributed by atoms with Crippen molar-refractivity contribution >= 4 is 47.2 Å². The van der Waals surface area contributed by atoms with Crippen LogP contribution >= 0.6 is 35.6 Å². The quantitative estimate of drug-likeness (QED) is 0.610. The van der Waals surface area contributed by atoms with Crippen molar-refractivity contribution in [1.82, 2.24) is 4.57 Å². The Bertz CT molecular complexity index is 1030. The molecule has 0 bridgehead atoms. The molecule has 0 fully saturated rings. The van der Waals surface area contributed by atoms with Gasteiger partial charge >= 0.3 is 0 Å². The fourth-order valence-electron chi connectivity index (χ4n) is 2.87. The van der Waals surface area contributed by atoms with E-state index in [0.29, 0.717) is 21.4 Å². The first kappa shape index (κ1) is 21.0. The van der Waals surface area contributed by atoms with E-state index >= 15 is 0 Å². The van der Waals surface area contributed by atoms with Crippen molar-refractivity contribution in [2.24, 2.45) is 0 Å². The van der Waals surface area contributed by atoms with Crippen LogP contribution in [0.2, 0.25) is 10.0 Å². The standard InChI is InChI=1S/C20H16Cl2N2O2.ClH/c1-12-11-18(25)19(20(26)23-16-7-3-14(21)4-8-16)13(2)24(12)17-9-5-15(22)6-10-17;/h3-11H,1-2H3,(H,23,26);1H. The maximum Gasteiger partial charge on any atom is 0.261 e. The molecule has 0 aliphatic rings. The molecule has 7 heteroatoms. The van der Waals surface area contributed by atoms with Crippen molar-refractivity contribution in [3.05, 3.63) is 91.8 Å². The Morgan fingerprint density at radius 1 is 0.926 bits per heavy atom. The number of nitrogens with one attached hydrogen (secondary N) is 1. The number of hydrogen-bond donors (Lipinski definition) is 1. The largest absolute Gasteiger partial charge is 0.322 e. The molecule has 27 heavy (non-hydrogen) atoms. The molecule has 0 saturated carbocycles. The Morgan fingerprint density at radius 2 is 1.44 bits per heavy atom. The van der Waals surface area contributed by atoms with E-state index < -0.39 is 5.91 Å². The summed E-state index contributed by atoms with van der Waals surface area (Å²) in [4.78, 5) is 25.2. The van der Waals surface area contributed by atoms with Crippen LogP contribution in [0.5, 0.6) is 0 Å². The third-order valence-corrected chi connectivity index (χ3v) is 4.55. The molecule has 0 unspecified atom stereocenters.